The summed E-state index contributed by atoms with van der Waals surface area (Å²) in [6.45, 7) is 1.46. The highest BCUT2D eigenvalue weighted by molar-refractivity contribution is 8.00. The van der Waals surface area contributed by atoms with Crippen molar-refractivity contribution in [3.05, 3.63) is 29.6 Å². The zero-order valence-corrected chi connectivity index (χ0v) is 14.4. The van der Waals surface area contributed by atoms with Crippen molar-refractivity contribution >= 4 is 29.1 Å². The number of hydrogen-bond donors (Lipinski definition) is 1. The van der Waals surface area contributed by atoms with E-state index in [2.05, 4.69) is 15.5 Å². The highest BCUT2D eigenvalue weighted by Gasteiger charge is 2.38. The van der Waals surface area contributed by atoms with Crippen LogP contribution in [0.15, 0.2) is 23.4 Å². The lowest BCUT2D eigenvalue weighted by molar-refractivity contribution is -0.147. The zero-order chi connectivity index (χ0) is 19.1. The van der Waals surface area contributed by atoms with Gasteiger partial charge in [-0.3, -0.25) is 9.59 Å². The van der Waals surface area contributed by atoms with Crippen LogP contribution in [-0.4, -0.2) is 38.3 Å². The summed E-state index contributed by atoms with van der Waals surface area (Å²) < 4.78 is 44.3. The van der Waals surface area contributed by atoms with E-state index in [0.29, 0.717) is 17.0 Å². The van der Waals surface area contributed by atoms with Crippen molar-refractivity contribution in [1.29, 1.82) is 0 Å². The number of alkyl halides is 3. The quantitative estimate of drug-likeness (QED) is 0.642. The van der Waals surface area contributed by atoms with E-state index < -0.39 is 17.3 Å². The van der Waals surface area contributed by atoms with Crippen LogP contribution >= 0.6 is 11.8 Å². The summed E-state index contributed by atoms with van der Waals surface area (Å²) in [4.78, 5) is 23.9. The number of nitrogens with zero attached hydrogens (tertiary/aromatic N) is 3. The first-order valence-corrected chi connectivity index (χ1v) is 8.29. The molecular weight excluding hydrogens is 373 g/mol. The molecule has 1 aliphatic rings. The number of amides is 1. The topological polar surface area (TPSA) is 86.1 Å². The summed E-state index contributed by atoms with van der Waals surface area (Å²) >= 11 is 0.869. The molecule has 7 nitrogen and oxygen atoms in total. The molecule has 1 amide bonds. The Balaban J connectivity index is 1.78. The number of Topliss-reactive ketones (excluding diaryl/α,β-unsaturated/α-hetero) is 1. The highest BCUT2D eigenvalue weighted by Crippen LogP contribution is 2.33. The second-order valence-electron chi connectivity index (χ2n) is 5.54. The molecule has 1 aromatic heterocycles. The Morgan fingerprint density at radius 3 is 2.77 bits per heavy atom. The van der Waals surface area contributed by atoms with E-state index in [9.17, 15) is 22.8 Å². The van der Waals surface area contributed by atoms with Crippen molar-refractivity contribution in [2.75, 3.05) is 11.9 Å². The van der Waals surface area contributed by atoms with Gasteiger partial charge in [0.1, 0.15) is 5.75 Å². The average Bonchev–Trinajstić information content (AvgIpc) is 2.94. The number of ketones is 1. The van der Waals surface area contributed by atoms with Crippen molar-refractivity contribution in [3.63, 3.8) is 0 Å². The van der Waals surface area contributed by atoms with Crippen molar-refractivity contribution < 1.29 is 27.5 Å². The summed E-state index contributed by atoms with van der Waals surface area (Å²) in [5.41, 5.74) is 0.676. The van der Waals surface area contributed by atoms with Gasteiger partial charge in [-0.05, 0) is 25.1 Å². The normalized spacial score (nSPS) is 15.0. The van der Waals surface area contributed by atoms with E-state index in [1.54, 1.807) is 13.0 Å². The SMILES string of the molecule is C[C@@H](Sc1nnc(C(F)(F)F)n1C)C(=O)c1ccc2c(c1)NC(=O)CO2. The van der Waals surface area contributed by atoms with E-state index in [4.69, 9.17) is 4.74 Å². The molecule has 11 heteroatoms. The molecule has 1 aromatic carbocycles. The highest BCUT2D eigenvalue weighted by atomic mass is 32.2. The average molecular weight is 386 g/mol. The molecule has 0 unspecified atom stereocenters. The second-order valence-corrected chi connectivity index (χ2v) is 6.84. The van der Waals surface area contributed by atoms with Crippen LogP contribution in [-0.2, 0) is 18.0 Å². The molecule has 1 atom stereocenters. The van der Waals surface area contributed by atoms with Crippen molar-refractivity contribution in [2.45, 2.75) is 23.5 Å². The number of benzene rings is 1. The van der Waals surface area contributed by atoms with E-state index in [-0.39, 0.29) is 23.5 Å². The maximum absolute atomic E-state index is 12.8. The van der Waals surface area contributed by atoms with Crippen molar-refractivity contribution in [3.8, 4) is 5.75 Å². The molecule has 3 rings (SSSR count). The minimum atomic E-state index is -4.62. The monoisotopic (exact) mass is 386 g/mol. The first-order chi connectivity index (χ1) is 12.2. The maximum atomic E-state index is 12.8. The van der Waals surface area contributed by atoms with Gasteiger partial charge in [0, 0.05) is 12.6 Å². The number of halogens is 3. The molecule has 0 saturated heterocycles. The summed E-state index contributed by atoms with van der Waals surface area (Å²) in [6, 6.07) is 4.57. The molecule has 0 saturated carbocycles. The molecular formula is C15H13F3N4O3S. The van der Waals surface area contributed by atoms with Gasteiger partial charge in [-0.15, -0.1) is 10.2 Å². The summed E-state index contributed by atoms with van der Waals surface area (Å²) in [6.07, 6.45) is -4.62. The number of thioether (sulfide) groups is 1. The number of aromatic nitrogens is 3. The number of nitrogens with one attached hydrogen (secondary N) is 1. The minimum absolute atomic E-state index is 0.0206. The maximum Gasteiger partial charge on any atom is 0.451 e. The summed E-state index contributed by atoms with van der Waals surface area (Å²) in [7, 11) is 1.19. The molecule has 2 aromatic rings. The third-order valence-electron chi connectivity index (χ3n) is 3.64. The van der Waals surface area contributed by atoms with Crippen LogP contribution in [0.3, 0.4) is 0 Å². The van der Waals surface area contributed by atoms with Gasteiger partial charge in [0.05, 0.1) is 10.9 Å². The smallest absolute Gasteiger partial charge is 0.451 e. The molecule has 26 heavy (non-hydrogen) atoms. The Morgan fingerprint density at radius 1 is 1.38 bits per heavy atom. The van der Waals surface area contributed by atoms with Crippen LogP contribution in [0.1, 0.15) is 23.1 Å². The van der Waals surface area contributed by atoms with E-state index in [1.165, 1.54) is 19.2 Å². The Bertz CT molecular complexity index is 882. The van der Waals surface area contributed by atoms with Crippen LogP contribution in [0.25, 0.3) is 0 Å². The Labute approximate surface area is 149 Å². The number of carbonyl (C=O) groups excluding carboxylic acids is 2. The van der Waals surface area contributed by atoms with Gasteiger partial charge < -0.3 is 14.6 Å². The van der Waals surface area contributed by atoms with E-state index >= 15 is 0 Å². The number of ether oxygens (including phenoxy) is 1. The lowest BCUT2D eigenvalue weighted by atomic mass is 10.1. The predicted octanol–water partition coefficient (Wildman–Crippen LogP) is 2.53. The molecule has 1 N–H and O–H groups in total. The molecule has 2 heterocycles. The second kappa shape index (κ2) is 6.63. The third-order valence-corrected chi connectivity index (χ3v) is 4.77. The lowest BCUT2D eigenvalue weighted by Gasteiger charge is -2.19. The van der Waals surface area contributed by atoms with Crippen LogP contribution < -0.4 is 10.1 Å². The first kappa shape index (κ1) is 18.2. The van der Waals surface area contributed by atoms with Crippen LogP contribution in [0, 0.1) is 0 Å². The van der Waals surface area contributed by atoms with Gasteiger partial charge in [0.25, 0.3) is 5.91 Å². The third kappa shape index (κ3) is 3.52. The molecule has 0 fully saturated rings. The Kier molecular flexibility index (Phi) is 4.65. The van der Waals surface area contributed by atoms with Crippen molar-refractivity contribution in [2.24, 2.45) is 7.05 Å². The number of carbonyl (C=O) groups is 2. The molecule has 0 spiro atoms. The van der Waals surface area contributed by atoms with Gasteiger partial charge >= 0.3 is 6.18 Å². The van der Waals surface area contributed by atoms with Gasteiger partial charge in [-0.2, -0.15) is 13.2 Å². The summed E-state index contributed by atoms with van der Waals surface area (Å²) in [5.74, 6) is -1.34. The predicted molar refractivity (Wildman–Crippen MR) is 86.2 cm³/mol. The van der Waals surface area contributed by atoms with Gasteiger partial charge in [0.15, 0.2) is 17.5 Å². The number of fused-ring (bicyclic) bond motifs is 1. The number of rotatable bonds is 4. The van der Waals surface area contributed by atoms with E-state index in [0.717, 1.165) is 16.3 Å². The standard InChI is InChI=1S/C15H13F3N4O3S/c1-7(26-14-21-20-13(22(14)2)15(16,17)18)12(24)8-3-4-10-9(5-8)19-11(23)6-25-10/h3-5,7H,6H2,1-2H3,(H,19,23)/t7-/m1/s1. The van der Waals surface area contributed by atoms with Gasteiger partial charge in [-0.25, -0.2) is 0 Å². The fraction of sp³-hybridized carbons (Fsp3) is 0.333. The van der Waals surface area contributed by atoms with Crippen LogP contribution in [0.5, 0.6) is 5.75 Å². The van der Waals surface area contributed by atoms with Gasteiger partial charge in [0.2, 0.25) is 5.82 Å². The Hall–Kier alpha value is -2.56. The fourth-order valence-corrected chi connectivity index (χ4v) is 3.24. The Morgan fingerprint density at radius 2 is 2.12 bits per heavy atom. The number of hydrogen-bond acceptors (Lipinski definition) is 6. The molecule has 0 aliphatic carbocycles. The largest absolute Gasteiger partial charge is 0.482 e. The van der Waals surface area contributed by atoms with Crippen LogP contribution in [0.4, 0.5) is 18.9 Å². The lowest BCUT2D eigenvalue weighted by Crippen LogP contribution is -2.25. The summed E-state index contributed by atoms with van der Waals surface area (Å²) in [5, 5.41) is 8.50. The van der Waals surface area contributed by atoms with Crippen LogP contribution in [0.2, 0.25) is 0 Å². The molecule has 0 bridgehead atoms. The van der Waals surface area contributed by atoms with E-state index in [1.807, 2.05) is 0 Å². The molecule has 1 aliphatic heterocycles. The minimum Gasteiger partial charge on any atom is -0.482 e. The fourth-order valence-electron chi connectivity index (χ4n) is 2.35. The number of anilines is 1. The van der Waals surface area contributed by atoms with Crippen molar-refractivity contribution in [1.82, 2.24) is 14.8 Å². The zero-order valence-electron chi connectivity index (χ0n) is 13.6. The van der Waals surface area contributed by atoms with Gasteiger partial charge in [-0.1, -0.05) is 11.8 Å². The molecule has 0 radical (unpaired) electrons. The molecule has 138 valence electrons. The first-order valence-electron chi connectivity index (χ1n) is 7.41.